The predicted octanol–water partition coefficient (Wildman–Crippen LogP) is 2.24. The molecule has 3 aliphatic rings. The van der Waals surface area contributed by atoms with Crippen LogP contribution in [0.2, 0.25) is 0 Å². The third-order valence-electron chi connectivity index (χ3n) is 6.69. The number of allylic oxidation sites excluding steroid dienone is 2. The number of piperazine rings is 1. The highest BCUT2D eigenvalue weighted by atomic mass is 35.5. The van der Waals surface area contributed by atoms with Crippen molar-refractivity contribution in [3.05, 3.63) is 40.5 Å². The Labute approximate surface area is 211 Å². The zero-order chi connectivity index (χ0) is 24.4. The van der Waals surface area contributed by atoms with Crippen molar-refractivity contribution in [2.24, 2.45) is 11.8 Å². The van der Waals surface area contributed by atoms with Gasteiger partial charge >= 0.3 is 0 Å². The van der Waals surface area contributed by atoms with E-state index in [1.54, 1.807) is 6.07 Å². The Morgan fingerprint density at radius 2 is 1.66 bits per heavy atom. The minimum absolute atomic E-state index is 0. The standard InChI is InChI=1S/C24H32N4O6.ClH/c1-16(2)34-22-13-17(28(32)33)7-8-21(22)26-11-9-25(10-12-26)14-18(29)15-27-23(30)19-5-3-4-6-20(19)24(27)31;/h3-4,7-8,13,16,18-20,29H,5-6,9-12,14-15H2,1-2H3;1H. The first kappa shape index (κ1) is 26.9. The minimum atomic E-state index is -0.813. The van der Waals surface area contributed by atoms with Crippen LogP contribution in [-0.4, -0.2) is 83.1 Å². The molecule has 2 heterocycles. The lowest BCUT2D eigenvalue weighted by Crippen LogP contribution is -2.50. The fourth-order valence-electron chi connectivity index (χ4n) is 5.01. The van der Waals surface area contributed by atoms with Crippen molar-refractivity contribution >= 4 is 35.6 Å². The number of ether oxygens (including phenoxy) is 1. The van der Waals surface area contributed by atoms with E-state index in [0.29, 0.717) is 51.3 Å². The summed E-state index contributed by atoms with van der Waals surface area (Å²) < 4.78 is 5.84. The summed E-state index contributed by atoms with van der Waals surface area (Å²) in [6, 6.07) is 4.66. The fraction of sp³-hybridized carbons (Fsp3) is 0.583. The van der Waals surface area contributed by atoms with Crippen LogP contribution in [0.4, 0.5) is 11.4 Å². The van der Waals surface area contributed by atoms with E-state index in [2.05, 4.69) is 9.80 Å². The van der Waals surface area contributed by atoms with Crippen LogP contribution >= 0.6 is 12.4 Å². The van der Waals surface area contributed by atoms with Crippen LogP contribution in [-0.2, 0) is 9.59 Å². The van der Waals surface area contributed by atoms with Gasteiger partial charge in [-0.05, 0) is 32.8 Å². The third kappa shape index (κ3) is 5.94. The average Bonchev–Trinajstić information content (AvgIpc) is 3.04. The Hall–Kier alpha value is -2.69. The van der Waals surface area contributed by atoms with Crippen molar-refractivity contribution in [1.29, 1.82) is 0 Å². The summed E-state index contributed by atoms with van der Waals surface area (Å²) in [5.41, 5.74) is 0.798. The molecule has 4 rings (SSSR count). The van der Waals surface area contributed by atoms with Crippen molar-refractivity contribution in [2.45, 2.75) is 38.9 Å². The molecule has 0 bridgehead atoms. The fourth-order valence-corrected chi connectivity index (χ4v) is 5.01. The molecule has 1 aromatic carbocycles. The van der Waals surface area contributed by atoms with E-state index in [1.807, 2.05) is 26.0 Å². The molecule has 2 saturated heterocycles. The second-order valence-electron chi connectivity index (χ2n) is 9.46. The number of nitro benzene ring substituents is 1. The van der Waals surface area contributed by atoms with Crippen molar-refractivity contribution in [1.82, 2.24) is 9.80 Å². The summed E-state index contributed by atoms with van der Waals surface area (Å²) in [5.74, 6) is -0.410. The largest absolute Gasteiger partial charge is 0.489 e. The van der Waals surface area contributed by atoms with Crippen LogP contribution in [0.3, 0.4) is 0 Å². The number of imide groups is 1. The van der Waals surface area contributed by atoms with Gasteiger partial charge in [-0.3, -0.25) is 29.5 Å². The predicted molar refractivity (Wildman–Crippen MR) is 133 cm³/mol. The molecular formula is C24H33ClN4O6. The maximum Gasteiger partial charge on any atom is 0.273 e. The number of hydrogen-bond acceptors (Lipinski definition) is 8. The molecule has 0 radical (unpaired) electrons. The lowest BCUT2D eigenvalue weighted by Gasteiger charge is -2.37. The quantitative estimate of drug-likeness (QED) is 0.246. The van der Waals surface area contributed by atoms with Gasteiger partial charge in [-0.25, -0.2) is 0 Å². The summed E-state index contributed by atoms with van der Waals surface area (Å²) in [4.78, 5) is 41.5. The Bertz CT molecular complexity index is 953. The summed E-state index contributed by atoms with van der Waals surface area (Å²) >= 11 is 0. The number of fused-ring (bicyclic) bond motifs is 1. The summed E-state index contributed by atoms with van der Waals surface area (Å²) in [6.45, 7) is 6.82. The number of β-amino-alcohol motifs (C(OH)–C–C–N with tert-alkyl or cyclic N) is 1. The van der Waals surface area contributed by atoms with Crippen molar-refractivity contribution in [3.63, 3.8) is 0 Å². The number of nitro groups is 1. The van der Waals surface area contributed by atoms with E-state index in [-0.39, 0.29) is 54.4 Å². The summed E-state index contributed by atoms with van der Waals surface area (Å²) in [7, 11) is 0. The number of amides is 2. The minimum Gasteiger partial charge on any atom is -0.489 e. The monoisotopic (exact) mass is 508 g/mol. The highest BCUT2D eigenvalue weighted by Crippen LogP contribution is 2.36. The second-order valence-corrected chi connectivity index (χ2v) is 9.46. The normalized spacial score (nSPS) is 23.3. The number of likely N-dealkylation sites (tertiary alicyclic amines) is 1. The van der Waals surface area contributed by atoms with Gasteiger partial charge in [0.15, 0.2) is 0 Å². The third-order valence-corrected chi connectivity index (χ3v) is 6.69. The molecule has 1 aliphatic carbocycles. The van der Waals surface area contributed by atoms with Gasteiger partial charge < -0.3 is 14.7 Å². The lowest BCUT2D eigenvalue weighted by atomic mass is 9.85. The van der Waals surface area contributed by atoms with E-state index in [0.717, 1.165) is 5.69 Å². The van der Waals surface area contributed by atoms with Gasteiger partial charge in [-0.2, -0.15) is 0 Å². The van der Waals surface area contributed by atoms with E-state index in [4.69, 9.17) is 4.74 Å². The molecule has 0 spiro atoms. The smallest absolute Gasteiger partial charge is 0.273 e. The second kappa shape index (κ2) is 11.4. The van der Waals surface area contributed by atoms with Gasteiger partial charge in [0.1, 0.15) is 5.75 Å². The number of hydrogen-bond donors (Lipinski definition) is 1. The van der Waals surface area contributed by atoms with Gasteiger partial charge in [-0.15, -0.1) is 12.4 Å². The number of aliphatic hydroxyl groups excluding tert-OH is 1. The van der Waals surface area contributed by atoms with E-state index < -0.39 is 11.0 Å². The van der Waals surface area contributed by atoms with Crippen LogP contribution in [0.15, 0.2) is 30.4 Å². The topological polar surface area (TPSA) is 116 Å². The first-order valence-corrected chi connectivity index (χ1v) is 11.8. The molecule has 2 fully saturated rings. The number of anilines is 1. The van der Waals surface area contributed by atoms with Gasteiger partial charge in [0.05, 0.1) is 47.3 Å². The molecule has 2 amide bonds. The number of rotatable bonds is 8. The lowest BCUT2D eigenvalue weighted by molar-refractivity contribution is -0.384. The number of aliphatic hydroxyl groups is 1. The Kier molecular flexibility index (Phi) is 8.74. The molecule has 11 heteroatoms. The zero-order valence-corrected chi connectivity index (χ0v) is 20.9. The van der Waals surface area contributed by atoms with Crippen molar-refractivity contribution < 1.29 is 24.4 Å². The summed E-state index contributed by atoms with van der Waals surface area (Å²) in [5, 5.41) is 21.8. The van der Waals surface area contributed by atoms with Crippen LogP contribution in [0.25, 0.3) is 0 Å². The molecule has 35 heavy (non-hydrogen) atoms. The molecule has 192 valence electrons. The average molecular weight is 509 g/mol. The molecule has 2 aliphatic heterocycles. The van der Waals surface area contributed by atoms with Crippen LogP contribution in [0.1, 0.15) is 26.7 Å². The Morgan fingerprint density at radius 1 is 1.06 bits per heavy atom. The van der Waals surface area contributed by atoms with Crippen molar-refractivity contribution in [3.8, 4) is 5.75 Å². The molecule has 1 aromatic rings. The number of carbonyl (C=O) groups is 2. The first-order valence-electron chi connectivity index (χ1n) is 11.8. The van der Waals surface area contributed by atoms with E-state index in [9.17, 15) is 24.8 Å². The highest BCUT2D eigenvalue weighted by Gasteiger charge is 2.47. The van der Waals surface area contributed by atoms with E-state index in [1.165, 1.54) is 17.0 Å². The number of benzene rings is 1. The van der Waals surface area contributed by atoms with Crippen LogP contribution in [0.5, 0.6) is 5.75 Å². The van der Waals surface area contributed by atoms with E-state index >= 15 is 0 Å². The van der Waals surface area contributed by atoms with Crippen LogP contribution in [0, 0.1) is 22.0 Å². The molecule has 1 N–H and O–H groups in total. The number of carbonyl (C=O) groups excluding carboxylic acids is 2. The number of halogens is 1. The Morgan fingerprint density at radius 3 is 2.20 bits per heavy atom. The Balaban J connectivity index is 0.00000342. The molecule has 3 atom stereocenters. The maximum absolute atomic E-state index is 12.6. The number of non-ortho nitro benzene ring substituents is 1. The number of nitrogens with zero attached hydrogens (tertiary/aromatic N) is 4. The zero-order valence-electron chi connectivity index (χ0n) is 20.0. The first-order chi connectivity index (χ1) is 16.2. The SMILES string of the molecule is CC(C)Oc1cc([N+](=O)[O-])ccc1N1CCN(CC(O)CN2C(=O)C3CC=CCC3C2=O)CC1.Cl. The maximum atomic E-state index is 12.6. The molecular weight excluding hydrogens is 476 g/mol. The highest BCUT2D eigenvalue weighted by molar-refractivity contribution is 6.05. The molecule has 3 unspecified atom stereocenters. The molecule has 0 saturated carbocycles. The van der Waals surface area contributed by atoms with Gasteiger partial charge in [0.2, 0.25) is 11.8 Å². The van der Waals surface area contributed by atoms with Gasteiger partial charge in [-0.1, -0.05) is 12.2 Å². The molecule has 10 nitrogen and oxygen atoms in total. The molecule has 0 aromatic heterocycles. The van der Waals surface area contributed by atoms with Gasteiger partial charge in [0.25, 0.3) is 5.69 Å². The summed E-state index contributed by atoms with van der Waals surface area (Å²) in [6.07, 6.45) is 4.16. The van der Waals surface area contributed by atoms with Gasteiger partial charge in [0, 0.05) is 38.8 Å². The van der Waals surface area contributed by atoms with Crippen molar-refractivity contribution in [2.75, 3.05) is 44.2 Å². The van der Waals surface area contributed by atoms with Crippen LogP contribution < -0.4 is 9.64 Å².